The predicted octanol–water partition coefficient (Wildman–Crippen LogP) is 5.99. The van der Waals surface area contributed by atoms with Crippen molar-refractivity contribution in [1.29, 1.82) is 0 Å². The lowest BCUT2D eigenvalue weighted by atomic mass is 10.2. The van der Waals surface area contributed by atoms with Crippen LogP contribution in [0, 0.1) is 0 Å². The zero-order chi connectivity index (χ0) is 23.5. The number of hydrogen-bond acceptors (Lipinski definition) is 5. The highest BCUT2D eigenvalue weighted by Crippen LogP contribution is 2.38. The fourth-order valence-corrected chi connectivity index (χ4v) is 5.57. The van der Waals surface area contributed by atoms with Crippen molar-refractivity contribution in [3.05, 3.63) is 66.9 Å². The van der Waals surface area contributed by atoms with Crippen molar-refractivity contribution >= 4 is 74.0 Å². The van der Waals surface area contributed by atoms with Crippen LogP contribution in [-0.4, -0.2) is 46.5 Å². The maximum absolute atomic E-state index is 12.8. The van der Waals surface area contributed by atoms with Gasteiger partial charge in [-0.05, 0) is 70.4 Å². The average Bonchev–Trinajstić information content (AvgIpc) is 3.39. The molecule has 33 heavy (non-hydrogen) atoms. The van der Waals surface area contributed by atoms with Crippen LogP contribution < -0.4 is 4.74 Å². The number of carbonyl (C=O) groups excluding carboxylic acids is 3. The largest absolute Gasteiger partial charge is 0.486 e. The van der Waals surface area contributed by atoms with E-state index in [1.807, 2.05) is 18.2 Å². The lowest BCUT2D eigenvalue weighted by molar-refractivity contribution is -0.135. The van der Waals surface area contributed by atoms with E-state index >= 15 is 0 Å². The van der Waals surface area contributed by atoms with Gasteiger partial charge in [-0.15, -0.1) is 0 Å². The van der Waals surface area contributed by atoms with Gasteiger partial charge in [-0.25, -0.2) is 0 Å². The Hall–Kier alpha value is -2.00. The Balaban J connectivity index is 1.47. The molecular weight excluding hydrogens is 551 g/mol. The van der Waals surface area contributed by atoms with Gasteiger partial charge >= 0.3 is 0 Å². The van der Waals surface area contributed by atoms with Crippen molar-refractivity contribution < 1.29 is 19.1 Å². The summed E-state index contributed by atoms with van der Waals surface area (Å²) in [7, 11) is 0. The van der Waals surface area contributed by atoms with Gasteiger partial charge < -0.3 is 9.64 Å². The SMILES string of the molecule is O=C(CN1C(=O)S/C(=C/c2cc(Cl)c(OCc3ccccc3Cl)c(Br)c2)C1=O)N1CCCC1. The smallest absolute Gasteiger partial charge is 0.294 e. The first kappa shape index (κ1) is 24.1. The molecule has 2 aromatic carbocycles. The molecule has 2 aromatic rings. The van der Waals surface area contributed by atoms with Crippen molar-refractivity contribution in [2.75, 3.05) is 19.6 Å². The van der Waals surface area contributed by atoms with E-state index in [2.05, 4.69) is 15.9 Å². The molecule has 2 heterocycles. The quantitative estimate of drug-likeness (QED) is 0.399. The van der Waals surface area contributed by atoms with Crippen molar-refractivity contribution in [2.45, 2.75) is 19.4 Å². The Labute approximate surface area is 214 Å². The molecule has 0 atom stereocenters. The van der Waals surface area contributed by atoms with Gasteiger partial charge in [0, 0.05) is 23.7 Å². The lowest BCUT2D eigenvalue weighted by Crippen LogP contribution is -2.40. The highest BCUT2D eigenvalue weighted by atomic mass is 79.9. The number of benzene rings is 2. The van der Waals surface area contributed by atoms with E-state index < -0.39 is 11.1 Å². The molecule has 172 valence electrons. The summed E-state index contributed by atoms with van der Waals surface area (Å²) in [6, 6.07) is 10.8. The van der Waals surface area contributed by atoms with Crippen molar-refractivity contribution in [1.82, 2.24) is 9.80 Å². The normalized spacial score (nSPS) is 17.4. The van der Waals surface area contributed by atoms with Crippen LogP contribution in [0.3, 0.4) is 0 Å². The van der Waals surface area contributed by atoms with Crippen molar-refractivity contribution in [2.24, 2.45) is 0 Å². The summed E-state index contributed by atoms with van der Waals surface area (Å²) in [6.07, 6.45) is 3.47. The molecule has 0 spiro atoms. The van der Waals surface area contributed by atoms with Gasteiger partial charge in [0.25, 0.3) is 11.1 Å². The summed E-state index contributed by atoms with van der Waals surface area (Å²) < 4.78 is 6.44. The van der Waals surface area contributed by atoms with Crippen LogP contribution in [-0.2, 0) is 16.2 Å². The van der Waals surface area contributed by atoms with Crippen LogP contribution in [0.5, 0.6) is 5.75 Å². The molecule has 6 nitrogen and oxygen atoms in total. The molecule has 2 aliphatic heterocycles. The van der Waals surface area contributed by atoms with Crippen molar-refractivity contribution in [3.8, 4) is 5.75 Å². The molecule has 4 rings (SSSR count). The van der Waals surface area contributed by atoms with E-state index in [0.717, 1.165) is 35.1 Å². The molecule has 2 saturated heterocycles. The third-order valence-corrected chi connectivity index (χ3v) is 7.42. The second-order valence-corrected chi connectivity index (χ2v) is 10.2. The molecule has 0 radical (unpaired) electrons. The maximum Gasteiger partial charge on any atom is 0.294 e. The number of amides is 3. The second-order valence-electron chi connectivity index (χ2n) is 7.55. The van der Waals surface area contributed by atoms with Gasteiger partial charge in [0.2, 0.25) is 5.91 Å². The minimum atomic E-state index is -0.483. The van der Waals surface area contributed by atoms with Crippen LogP contribution in [0.2, 0.25) is 10.0 Å². The molecular formula is C23H19BrCl2N2O4S. The molecule has 10 heteroatoms. The first-order valence-corrected chi connectivity index (χ1v) is 12.6. The second kappa shape index (κ2) is 10.5. The van der Waals surface area contributed by atoms with Gasteiger partial charge in [-0.1, -0.05) is 41.4 Å². The van der Waals surface area contributed by atoms with Crippen LogP contribution in [0.25, 0.3) is 6.08 Å². The summed E-state index contributed by atoms with van der Waals surface area (Å²) >= 11 is 16.9. The predicted molar refractivity (Wildman–Crippen MR) is 133 cm³/mol. The van der Waals surface area contributed by atoms with E-state index in [9.17, 15) is 14.4 Å². The van der Waals surface area contributed by atoms with E-state index in [1.54, 1.807) is 29.2 Å². The molecule has 0 aliphatic carbocycles. The molecule has 0 aromatic heterocycles. The van der Waals surface area contributed by atoms with Gasteiger partial charge in [-0.2, -0.15) is 0 Å². The van der Waals surface area contributed by atoms with E-state index in [1.165, 1.54) is 0 Å². The first-order valence-electron chi connectivity index (χ1n) is 10.2. The van der Waals surface area contributed by atoms with Crippen LogP contribution in [0.4, 0.5) is 4.79 Å². The van der Waals surface area contributed by atoms with Crippen molar-refractivity contribution in [3.63, 3.8) is 0 Å². The average molecular weight is 570 g/mol. The highest BCUT2D eigenvalue weighted by molar-refractivity contribution is 9.10. The zero-order valence-corrected chi connectivity index (χ0v) is 21.3. The number of imide groups is 1. The minimum Gasteiger partial charge on any atom is -0.486 e. The summed E-state index contributed by atoms with van der Waals surface area (Å²) in [4.78, 5) is 40.4. The van der Waals surface area contributed by atoms with Crippen LogP contribution in [0.15, 0.2) is 45.8 Å². The number of nitrogens with zero attached hydrogens (tertiary/aromatic N) is 2. The number of ether oxygens (including phenoxy) is 1. The van der Waals surface area contributed by atoms with Crippen LogP contribution >= 0.6 is 50.9 Å². The molecule has 0 bridgehead atoms. The maximum atomic E-state index is 12.8. The number of rotatable bonds is 6. The number of halogens is 3. The fourth-order valence-electron chi connectivity index (χ4n) is 3.56. The summed E-state index contributed by atoms with van der Waals surface area (Å²) in [5, 5.41) is 0.482. The Bertz CT molecular complexity index is 1130. The van der Waals surface area contributed by atoms with Gasteiger partial charge in [0.15, 0.2) is 5.75 Å². The van der Waals surface area contributed by atoms with Gasteiger partial charge in [0.1, 0.15) is 13.2 Å². The number of hydrogen-bond donors (Lipinski definition) is 0. The van der Waals surface area contributed by atoms with E-state index in [0.29, 0.717) is 38.9 Å². The molecule has 3 amide bonds. The van der Waals surface area contributed by atoms with Gasteiger partial charge in [-0.3, -0.25) is 19.3 Å². The molecule has 2 aliphatic rings. The summed E-state index contributed by atoms with van der Waals surface area (Å²) in [5.41, 5.74) is 1.44. The van der Waals surface area contributed by atoms with Crippen LogP contribution in [0.1, 0.15) is 24.0 Å². The standard InChI is InChI=1S/C23H19BrCl2N2O4S/c24-16-9-14(10-18(26)21(16)32-13-15-5-1-2-6-17(15)25)11-19-22(30)28(23(31)33-19)12-20(29)27-7-3-4-8-27/h1-2,5-6,9-11H,3-4,7-8,12-13H2/b19-11+. The lowest BCUT2D eigenvalue weighted by Gasteiger charge is -2.18. The molecule has 2 fully saturated rings. The summed E-state index contributed by atoms with van der Waals surface area (Å²) in [5.74, 6) is -0.247. The molecule has 0 N–H and O–H groups in total. The number of carbonyl (C=O) groups is 3. The highest BCUT2D eigenvalue weighted by Gasteiger charge is 2.37. The Morgan fingerprint density at radius 3 is 2.55 bits per heavy atom. The molecule has 0 saturated carbocycles. The third-order valence-electron chi connectivity index (χ3n) is 5.27. The topological polar surface area (TPSA) is 66.9 Å². The zero-order valence-electron chi connectivity index (χ0n) is 17.4. The third kappa shape index (κ3) is 5.57. The monoisotopic (exact) mass is 568 g/mol. The van der Waals surface area contributed by atoms with E-state index in [-0.39, 0.29) is 24.0 Å². The summed E-state index contributed by atoms with van der Waals surface area (Å²) in [6.45, 7) is 1.34. The Morgan fingerprint density at radius 1 is 1.12 bits per heavy atom. The first-order chi connectivity index (χ1) is 15.8. The number of likely N-dealkylation sites (tertiary alicyclic amines) is 1. The van der Waals surface area contributed by atoms with E-state index in [4.69, 9.17) is 27.9 Å². The number of thioether (sulfide) groups is 1. The minimum absolute atomic E-state index is 0.207. The fraction of sp³-hybridized carbons (Fsp3) is 0.261. The Kier molecular flexibility index (Phi) is 7.69. The molecule has 0 unspecified atom stereocenters. The Morgan fingerprint density at radius 2 is 1.85 bits per heavy atom. The van der Waals surface area contributed by atoms with Gasteiger partial charge in [0.05, 0.1) is 14.4 Å².